The van der Waals surface area contributed by atoms with E-state index >= 15 is 0 Å². The van der Waals surface area contributed by atoms with Gasteiger partial charge in [0.1, 0.15) is 21.8 Å². The van der Waals surface area contributed by atoms with Crippen molar-refractivity contribution < 1.29 is 9.84 Å². The third kappa shape index (κ3) is 3.64. The van der Waals surface area contributed by atoms with E-state index in [0.29, 0.717) is 19.6 Å². The molecule has 1 aromatic heterocycles. The van der Waals surface area contributed by atoms with Crippen LogP contribution in [-0.2, 0) is 11.2 Å². The maximum absolute atomic E-state index is 10.4. The lowest BCUT2D eigenvalue weighted by molar-refractivity contribution is -0.0176. The Balaban J connectivity index is 2.03. The largest absolute Gasteiger partial charge is 0.385 e. The Morgan fingerprint density at radius 2 is 2.37 bits per heavy atom. The number of aliphatic hydroxyl groups is 1. The number of nitrogens with zero attached hydrogens (tertiary/aromatic N) is 2. The van der Waals surface area contributed by atoms with Gasteiger partial charge in [0.05, 0.1) is 6.10 Å². The van der Waals surface area contributed by atoms with Gasteiger partial charge in [0.25, 0.3) is 0 Å². The lowest BCUT2D eigenvalue weighted by Crippen LogP contribution is -2.43. The van der Waals surface area contributed by atoms with Crippen LogP contribution in [0.3, 0.4) is 0 Å². The molecule has 2 N–H and O–H groups in total. The van der Waals surface area contributed by atoms with E-state index < -0.39 is 5.60 Å². The minimum Gasteiger partial charge on any atom is -0.385 e. The number of hydrogen-bond donors (Lipinski definition) is 2. The zero-order valence-corrected chi connectivity index (χ0v) is 12.9. The van der Waals surface area contributed by atoms with E-state index in [2.05, 4.69) is 38.1 Å². The molecule has 6 heteroatoms. The molecule has 0 aromatic carbocycles. The van der Waals surface area contributed by atoms with E-state index in [1.54, 1.807) is 0 Å². The van der Waals surface area contributed by atoms with E-state index in [1.165, 1.54) is 0 Å². The van der Waals surface area contributed by atoms with E-state index in [1.807, 2.05) is 13.0 Å². The van der Waals surface area contributed by atoms with E-state index in [4.69, 9.17) is 4.74 Å². The first-order valence-electron chi connectivity index (χ1n) is 6.65. The van der Waals surface area contributed by atoms with E-state index in [0.717, 1.165) is 29.1 Å². The molecular formula is C13H20BrN3O2. The molecule has 0 saturated carbocycles. The van der Waals surface area contributed by atoms with Crippen LogP contribution in [0.2, 0.25) is 0 Å². The van der Waals surface area contributed by atoms with Crippen LogP contribution in [0.5, 0.6) is 0 Å². The first kappa shape index (κ1) is 14.7. The van der Waals surface area contributed by atoms with Gasteiger partial charge < -0.3 is 15.2 Å². The molecular weight excluding hydrogens is 310 g/mol. The second kappa shape index (κ2) is 6.15. The number of ether oxygens (including phenoxy) is 1. The monoisotopic (exact) mass is 329 g/mol. The molecule has 0 bridgehead atoms. The van der Waals surface area contributed by atoms with Crippen LogP contribution in [0, 0.1) is 0 Å². The Morgan fingerprint density at radius 1 is 1.58 bits per heavy atom. The molecule has 1 aromatic rings. The van der Waals surface area contributed by atoms with Crippen LogP contribution < -0.4 is 5.32 Å². The van der Waals surface area contributed by atoms with Gasteiger partial charge in [-0.25, -0.2) is 9.97 Å². The summed E-state index contributed by atoms with van der Waals surface area (Å²) >= 11 is 3.38. The molecule has 0 radical (unpaired) electrons. The van der Waals surface area contributed by atoms with Crippen molar-refractivity contribution in [2.45, 2.75) is 44.8 Å². The van der Waals surface area contributed by atoms with Crippen LogP contribution in [0.1, 0.15) is 32.5 Å². The van der Waals surface area contributed by atoms with Crippen molar-refractivity contribution in [3.05, 3.63) is 16.5 Å². The van der Waals surface area contributed by atoms with Crippen molar-refractivity contribution in [1.29, 1.82) is 0 Å². The zero-order valence-electron chi connectivity index (χ0n) is 11.3. The van der Waals surface area contributed by atoms with Crippen LogP contribution >= 0.6 is 15.9 Å². The number of anilines is 1. The molecule has 1 aliphatic heterocycles. The summed E-state index contributed by atoms with van der Waals surface area (Å²) in [4.78, 5) is 8.75. The second-order valence-corrected chi connectivity index (χ2v) is 5.77. The van der Waals surface area contributed by atoms with E-state index in [-0.39, 0.29) is 6.10 Å². The third-order valence-electron chi connectivity index (χ3n) is 3.45. The maximum Gasteiger partial charge on any atom is 0.132 e. The topological polar surface area (TPSA) is 67.3 Å². The summed E-state index contributed by atoms with van der Waals surface area (Å²) in [5.74, 6) is 1.54. The standard InChI is InChI=1S/C13H20BrN3O2/c1-3-4-11-16-10(14)7-12(17-11)15-8-13(18)5-6-19-9(13)2/h7,9,18H,3-6,8H2,1-2H3,(H,15,16,17). The smallest absolute Gasteiger partial charge is 0.132 e. The quantitative estimate of drug-likeness (QED) is 0.810. The number of aryl methyl sites for hydroxylation is 1. The van der Waals surface area contributed by atoms with Gasteiger partial charge >= 0.3 is 0 Å². The first-order valence-corrected chi connectivity index (χ1v) is 7.44. The summed E-state index contributed by atoms with van der Waals surface area (Å²) in [7, 11) is 0. The average Bonchev–Trinajstić information content (AvgIpc) is 2.68. The number of aromatic nitrogens is 2. The molecule has 0 aliphatic carbocycles. The van der Waals surface area contributed by atoms with E-state index in [9.17, 15) is 5.11 Å². The highest BCUT2D eigenvalue weighted by Gasteiger charge is 2.39. The number of hydrogen-bond acceptors (Lipinski definition) is 5. The molecule has 2 unspecified atom stereocenters. The molecule has 2 atom stereocenters. The molecule has 1 aliphatic rings. The normalized spacial score (nSPS) is 26.6. The van der Waals surface area contributed by atoms with Gasteiger partial charge in [0, 0.05) is 32.1 Å². The minimum absolute atomic E-state index is 0.152. The van der Waals surface area contributed by atoms with Gasteiger partial charge in [-0.05, 0) is 29.3 Å². The summed E-state index contributed by atoms with van der Waals surface area (Å²) in [6.07, 6.45) is 2.35. The SMILES string of the molecule is CCCc1nc(Br)cc(NCC2(O)CCOC2C)n1. The maximum atomic E-state index is 10.4. The van der Waals surface area contributed by atoms with Crippen LogP contribution in [0.25, 0.3) is 0 Å². The zero-order chi connectivity index (χ0) is 13.9. The fourth-order valence-corrected chi connectivity index (χ4v) is 2.56. The van der Waals surface area contributed by atoms with Gasteiger partial charge in [0.15, 0.2) is 0 Å². The van der Waals surface area contributed by atoms with Gasteiger partial charge in [-0.3, -0.25) is 0 Å². The number of rotatable bonds is 5. The van der Waals surface area contributed by atoms with Crippen molar-refractivity contribution >= 4 is 21.7 Å². The minimum atomic E-state index is -0.817. The average molecular weight is 330 g/mol. The summed E-state index contributed by atoms with van der Waals surface area (Å²) in [5.41, 5.74) is -0.817. The molecule has 0 spiro atoms. The van der Waals surface area contributed by atoms with Gasteiger partial charge in [-0.1, -0.05) is 6.92 Å². The highest BCUT2D eigenvalue weighted by molar-refractivity contribution is 9.10. The Hall–Kier alpha value is -0.720. The first-order chi connectivity index (χ1) is 9.03. The van der Waals surface area contributed by atoms with Gasteiger partial charge in [0.2, 0.25) is 0 Å². The Bertz CT molecular complexity index is 444. The second-order valence-electron chi connectivity index (χ2n) is 4.96. The number of halogens is 1. The van der Waals surface area contributed by atoms with Crippen molar-refractivity contribution in [2.75, 3.05) is 18.5 Å². The summed E-state index contributed by atoms with van der Waals surface area (Å²) < 4.78 is 6.17. The van der Waals surface area contributed by atoms with Crippen molar-refractivity contribution in [3.8, 4) is 0 Å². The Morgan fingerprint density at radius 3 is 3.00 bits per heavy atom. The van der Waals surface area contributed by atoms with Crippen LogP contribution in [0.15, 0.2) is 10.7 Å². The molecule has 2 heterocycles. The summed E-state index contributed by atoms with van der Waals surface area (Å²) in [6.45, 7) is 5.03. The van der Waals surface area contributed by atoms with Gasteiger partial charge in [-0.2, -0.15) is 0 Å². The van der Waals surface area contributed by atoms with Gasteiger partial charge in [-0.15, -0.1) is 0 Å². The molecule has 106 valence electrons. The summed E-state index contributed by atoms with van der Waals surface area (Å²) in [6, 6.07) is 1.82. The fraction of sp³-hybridized carbons (Fsp3) is 0.692. The molecule has 1 fully saturated rings. The molecule has 0 amide bonds. The van der Waals surface area contributed by atoms with Crippen LogP contribution in [-0.4, -0.2) is 39.9 Å². The predicted octanol–water partition coefficient (Wildman–Crippen LogP) is 2.14. The third-order valence-corrected chi connectivity index (χ3v) is 3.86. The molecule has 5 nitrogen and oxygen atoms in total. The lowest BCUT2D eigenvalue weighted by atomic mass is 9.97. The molecule has 2 rings (SSSR count). The highest BCUT2D eigenvalue weighted by Crippen LogP contribution is 2.26. The van der Waals surface area contributed by atoms with Crippen molar-refractivity contribution in [2.24, 2.45) is 0 Å². The highest BCUT2D eigenvalue weighted by atomic mass is 79.9. The Kier molecular flexibility index (Phi) is 4.76. The van der Waals surface area contributed by atoms with Crippen LogP contribution in [0.4, 0.5) is 5.82 Å². The van der Waals surface area contributed by atoms with Crippen molar-refractivity contribution in [3.63, 3.8) is 0 Å². The lowest BCUT2D eigenvalue weighted by Gasteiger charge is -2.26. The molecule has 1 saturated heterocycles. The fourth-order valence-electron chi connectivity index (χ4n) is 2.14. The predicted molar refractivity (Wildman–Crippen MR) is 77.2 cm³/mol. The number of nitrogens with one attached hydrogen (secondary N) is 1. The van der Waals surface area contributed by atoms with Crippen molar-refractivity contribution in [1.82, 2.24) is 9.97 Å². The molecule has 19 heavy (non-hydrogen) atoms. The Labute approximate surface area is 121 Å². The summed E-state index contributed by atoms with van der Waals surface area (Å²) in [5, 5.41) is 13.6.